The predicted molar refractivity (Wildman–Crippen MR) is 156 cm³/mol. The summed E-state index contributed by atoms with van der Waals surface area (Å²) in [6.07, 6.45) is 0.834. The largest absolute Gasteiger partial charge is 0.497 e. The van der Waals surface area contributed by atoms with Crippen LogP contribution in [0.15, 0.2) is 52.9 Å². The standard InChI is InChI=1S/C29H32ClN5O7/c1-40-20-4-6-22(26(18-20)41-2)33-13-15-34(16-14-33)28(37)29(9-11-31-12-10-29)32-27(36)25-8-7-24(42-25)21-5-3-19(30)17-23(21)35(38)39/h3-8,17-18,31H,9-16H2,1-2H3,(H,32,36). The average Bonchev–Trinajstić information content (AvgIpc) is 3.51. The fourth-order valence-electron chi connectivity index (χ4n) is 5.49. The number of nitrogens with one attached hydrogen (secondary N) is 2. The Kier molecular flexibility index (Phi) is 8.55. The number of nitrogens with zero attached hydrogens (tertiary/aromatic N) is 3. The zero-order valence-corrected chi connectivity index (χ0v) is 24.1. The van der Waals surface area contributed by atoms with Crippen LogP contribution in [0.1, 0.15) is 23.4 Å². The zero-order chi connectivity index (χ0) is 29.9. The lowest BCUT2D eigenvalue weighted by molar-refractivity contribution is -0.384. The maximum absolute atomic E-state index is 14.0. The normalized spacial score (nSPS) is 16.5. The van der Waals surface area contributed by atoms with Crippen LogP contribution >= 0.6 is 11.6 Å². The molecule has 2 N–H and O–H groups in total. The lowest BCUT2D eigenvalue weighted by atomic mass is 9.86. The van der Waals surface area contributed by atoms with Gasteiger partial charge in [-0.25, -0.2) is 0 Å². The number of halogens is 1. The van der Waals surface area contributed by atoms with E-state index in [0.29, 0.717) is 63.6 Å². The third-order valence-corrected chi connectivity index (χ3v) is 8.00. The molecule has 0 bridgehead atoms. The van der Waals surface area contributed by atoms with Crippen molar-refractivity contribution in [1.82, 2.24) is 15.5 Å². The minimum Gasteiger partial charge on any atom is -0.497 e. The van der Waals surface area contributed by atoms with Crippen molar-refractivity contribution in [2.45, 2.75) is 18.4 Å². The number of methoxy groups -OCH3 is 2. The van der Waals surface area contributed by atoms with Crippen molar-refractivity contribution < 1.29 is 28.4 Å². The van der Waals surface area contributed by atoms with Gasteiger partial charge in [-0.1, -0.05) is 11.6 Å². The van der Waals surface area contributed by atoms with Gasteiger partial charge in [-0.05, 0) is 62.3 Å². The molecular weight excluding hydrogens is 566 g/mol. The zero-order valence-electron chi connectivity index (χ0n) is 23.4. The number of ether oxygens (including phenoxy) is 2. The van der Waals surface area contributed by atoms with Crippen LogP contribution in [0.25, 0.3) is 11.3 Å². The summed E-state index contributed by atoms with van der Waals surface area (Å²) in [5.41, 5.74) is -0.228. The highest BCUT2D eigenvalue weighted by Gasteiger charge is 2.44. The summed E-state index contributed by atoms with van der Waals surface area (Å²) >= 11 is 5.93. The van der Waals surface area contributed by atoms with Crippen LogP contribution in [-0.2, 0) is 4.79 Å². The molecule has 0 unspecified atom stereocenters. The summed E-state index contributed by atoms with van der Waals surface area (Å²) in [5, 5.41) is 18.0. The Bertz CT molecular complexity index is 1480. The van der Waals surface area contributed by atoms with Gasteiger partial charge in [-0.15, -0.1) is 0 Å². The van der Waals surface area contributed by atoms with E-state index in [-0.39, 0.29) is 33.7 Å². The van der Waals surface area contributed by atoms with Crippen molar-refractivity contribution >= 4 is 34.8 Å². The number of piperazine rings is 1. The van der Waals surface area contributed by atoms with Crippen molar-refractivity contribution in [2.75, 3.05) is 58.4 Å². The van der Waals surface area contributed by atoms with E-state index in [1.54, 1.807) is 19.1 Å². The number of nitro groups is 1. The number of amides is 2. The van der Waals surface area contributed by atoms with Crippen LogP contribution in [0.3, 0.4) is 0 Å². The Labute approximate surface area is 247 Å². The summed E-state index contributed by atoms with van der Waals surface area (Å²) in [4.78, 5) is 42.3. The third kappa shape index (κ3) is 5.86. The quantitative estimate of drug-likeness (QED) is 0.294. The minimum absolute atomic E-state index is 0.0450. The summed E-state index contributed by atoms with van der Waals surface area (Å²) in [5.74, 6) is 0.797. The smallest absolute Gasteiger partial charge is 0.287 e. The number of nitro benzene ring substituents is 1. The molecule has 42 heavy (non-hydrogen) atoms. The molecule has 0 spiro atoms. The molecule has 2 aliphatic rings. The van der Waals surface area contributed by atoms with E-state index < -0.39 is 16.4 Å². The van der Waals surface area contributed by atoms with E-state index in [1.165, 1.54) is 30.3 Å². The molecule has 0 aliphatic carbocycles. The third-order valence-electron chi connectivity index (χ3n) is 7.77. The number of carbonyl (C=O) groups is 2. The van der Waals surface area contributed by atoms with E-state index >= 15 is 0 Å². The molecule has 2 amide bonds. The summed E-state index contributed by atoms with van der Waals surface area (Å²) in [7, 11) is 3.21. The molecule has 1 aromatic heterocycles. The highest BCUT2D eigenvalue weighted by Crippen LogP contribution is 2.35. The first-order valence-corrected chi connectivity index (χ1v) is 14.0. The number of carbonyl (C=O) groups excluding carboxylic acids is 2. The van der Waals surface area contributed by atoms with Gasteiger partial charge >= 0.3 is 0 Å². The lowest BCUT2D eigenvalue weighted by Crippen LogP contribution is -2.65. The van der Waals surface area contributed by atoms with Crippen LogP contribution in [0, 0.1) is 10.1 Å². The van der Waals surface area contributed by atoms with Gasteiger partial charge in [0.2, 0.25) is 5.91 Å². The van der Waals surface area contributed by atoms with Crippen molar-refractivity contribution in [2.24, 2.45) is 0 Å². The Morgan fingerprint density at radius 1 is 1.02 bits per heavy atom. The lowest BCUT2D eigenvalue weighted by Gasteiger charge is -2.43. The summed E-state index contributed by atoms with van der Waals surface area (Å²) in [6.45, 7) is 3.27. The molecule has 0 atom stereocenters. The maximum Gasteiger partial charge on any atom is 0.287 e. The van der Waals surface area contributed by atoms with Crippen molar-refractivity contribution in [3.8, 4) is 22.8 Å². The number of piperidine rings is 1. The second-order valence-corrected chi connectivity index (χ2v) is 10.6. The molecule has 2 aliphatic heterocycles. The van der Waals surface area contributed by atoms with Crippen LogP contribution in [0.2, 0.25) is 5.02 Å². The second kappa shape index (κ2) is 12.3. The molecule has 0 radical (unpaired) electrons. The minimum atomic E-state index is -1.11. The van der Waals surface area contributed by atoms with Gasteiger partial charge in [0.1, 0.15) is 22.8 Å². The van der Waals surface area contributed by atoms with Crippen molar-refractivity contribution in [3.05, 3.63) is 69.4 Å². The van der Waals surface area contributed by atoms with Crippen LogP contribution in [0.4, 0.5) is 11.4 Å². The Morgan fingerprint density at radius 3 is 2.43 bits per heavy atom. The number of furan rings is 1. The molecule has 12 nitrogen and oxygen atoms in total. The predicted octanol–water partition coefficient (Wildman–Crippen LogP) is 3.73. The number of hydrogen-bond donors (Lipinski definition) is 2. The van der Waals surface area contributed by atoms with E-state index in [0.717, 1.165) is 5.69 Å². The molecule has 5 rings (SSSR count). The van der Waals surface area contributed by atoms with Gasteiger partial charge in [-0.2, -0.15) is 0 Å². The second-order valence-electron chi connectivity index (χ2n) is 10.2. The average molecular weight is 598 g/mol. The first-order chi connectivity index (χ1) is 20.2. The van der Waals surface area contributed by atoms with Gasteiger partial charge in [0.15, 0.2) is 5.76 Å². The molecule has 2 saturated heterocycles. The first-order valence-electron chi connectivity index (χ1n) is 13.6. The summed E-state index contributed by atoms with van der Waals surface area (Å²) < 4.78 is 16.6. The van der Waals surface area contributed by atoms with E-state index in [9.17, 15) is 19.7 Å². The molecule has 3 heterocycles. The number of rotatable bonds is 8. The molecule has 0 saturated carbocycles. The Morgan fingerprint density at radius 2 is 1.76 bits per heavy atom. The number of benzene rings is 2. The molecule has 2 fully saturated rings. The van der Waals surface area contributed by atoms with Gasteiger partial charge in [0.05, 0.1) is 30.4 Å². The van der Waals surface area contributed by atoms with Crippen LogP contribution in [0.5, 0.6) is 11.5 Å². The molecule has 3 aromatic rings. The molecular formula is C29H32ClN5O7. The van der Waals surface area contributed by atoms with E-state index in [2.05, 4.69) is 15.5 Å². The maximum atomic E-state index is 14.0. The summed E-state index contributed by atoms with van der Waals surface area (Å²) in [6, 6.07) is 12.8. The molecule has 2 aromatic carbocycles. The highest BCUT2D eigenvalue weighted by atomic mass is 35.5. The topological polar surface area (TPSA) is 139 Å². The highest BCUT2D eigenvalue weighted by molar-refractivity contribution is 6.30. The first kappa shape index (κ1) is 29.2. The van der Waals surface area contributed by atoms with Crippen LogP contribution in [-0.4, -0.2) is 80.7 Å². The number of anilines is 1. The van der Waals surface area contributed by atoms with E-state index in [1.807, 2.05) is 18.2 Å². The van der Waals surface area contributed by atoms with Gasteiger partial charge in [-0.3, -0.25) is 19.7 Å². The van der Waals surface area contributed by atoms with E-state index in [4.69, 9.17) is 25.5 Å². The van der Waals surface area contributed by atoms with Crippen LogP contribution < -0.4 is 25.0 Å². The molecule has 13 heteroatoms. The van der Waals surface area contributed by atoms with Crippen molar-refractivity contribution in [1.29, 1.82) is 0 Å². The molecule has 222 valence electrons. The Hall–Kier alpha value is -4.29. The van der Waals surface area contributed by atoms with Gasteiger partial charge in [0.25, 0.3) is 11.6 Å². The van der Waals surface area contributed by atoms with Crippen molar-refractivity contribution in [3.63, 3.8) is 0 Å². The van der Waals surface area contributed by atoms with Gasteiger partial charge in [0, 0.05) is 43.3 Å². The van der Waals surface area contributed by atoms with Gasteiger partial charge < -0.3 is 34.3 Å². The number of hydrogen-bond acceptors (Lipinski definition) is 9. The fourth-order valence-corrected chi connectivity index (χ4v) is 5.66. The SMILES string of the molecule is COc1ccc(N2CCN(C(=O)C3(NC(=O)c4ccc(-c5ccc(Cl)cc5[N+](=O)[O-])o4)CCNCC3)CC2)c(OC)c1. The monoisotopic (exact) mass is 597 g/mol. The Balaban J connectivity index is 1.30. The fraction of sp³-hybridized carbons (Fsp3) is 0.379.